The summed E-state index contributed by atoms with van der Waals surface area (Å²) in [6, 6.07) is 15.9. The van der Waals surface area contributed by atoms with Crippen molar-refractivity contribution in [1.29, 1.82) is 0 Å². The third kappa shape index (κ3) is 4.77. The number of benzene rings is 2. The second-order valence-electron chi connectivity index (χ2n) is 6.16. The molecule has 0 amide bonds. The molecule has 0 atom stereocenters. The van der Waals surface area contributed by atoms with Gasteiger partial charge in [0.15, 0.2) is 0 Å². The fourth-order valence-electron chi connectivity index (χ4n) is 2.77. The van der Waals surface area contributed by atoms with E-state index in [1.165, 1.54) is 0 Å². The molecule has 2 aromatic carbocycles. The van der Waals surface area contributed by atoms with Crippen LogP contribution in [0.4, 0.5) is 8.78 Å². The summed E-state index contributed by atoms with van der Waals surface area (Å²) in [5.41, 5.74) is 2.21. The highest BCUT2D eigenvalue weighted by Gasteiger charge is 2.33. The molecule has 0 radical (unpaired) electrons. The van der Waals surface area contributed by atoms with Crippen molar-refractivity contribution in [2.75, 3.05) is 13.1 Å². The quantitative estimate of drug-likeness (QED) is 0.684. The highest BCUT2D eigenvalue weighted by atomic mass is 79.9. The molecule has 1 fully saturated rings. The van der Waals surface area contributed by atoms with Crippen LogP contribution in [-0.2, 0) is 13.2 Å². The van der Waals surface area contributed by atoms with Crippen LogP contribution >= 0.6 is 15.9 Å². The molecule has 0 unspecified atom stereocenters. The smallest absolute Gasteiger partial charge is 0.250 e. The molecule has 3 rings (SSSR count). The van der Waals surface area contributed by atoms with E-state index in [1.54, 1.807) is 0 Å². The highest BCUT2D eigenvalue weighted by Crippen LogP contribution is 2.30. The van der Waals surface area contributed by atoms with E-state index < -0.39 is 5.92 Å². The van der Waals surface area contributed by atoms with Gasteiger partial charge in [-0.25, -0.2) is 8.78 Å². The lowest BCUT2D eigenvalue weighted by atomic mass is 10.1. The third-order valence-corrected chi connectivity index (χ3v) is 4.99. The number of likely N-dealkylation sites (tertiary alicyclic amines) is 1. The normalized spacial score (nSPS) is 17.6. The van der Waals surface area contributed by atoms with E-state index in [1.807, 2.05) is 48.5 Å². The van der Waals surface area contributed by atoms with Gasteiger partial charge >= 0.3 is 0 Å². The van der Waals surface area contributed by atoms with Gasteiger partial charge in [0.1, 0.15) is 12.4 Å². The lowest BCUT2D eigenvalue weighted by Crippen LogP contribution is -2.38. The lowest BCUT2D eigenvalue weighted by Gasteiger charge is -2.31. The van der Waals surface area contributed by atoms with Crippen LogP contribution < -0.4 is 4.74 Å². The number of rotatable bonds is 5. The molecule has 0 N–H and O–H groups in total. The third-order valence-electron chi connectivity index (χ3n) is 4.25. The molecule has 0 spiro atoms. The first-order valence-electron chi connectivity index (χ1n) is 8.07. The van der Waals surface area contributed by atoms with Gasteiger partial charge in [-0.05, 0) is 23.3 Å². The molecular weight excluding hydrogens is 376 g/mol. The number of ether oxygens (including phenoxy) is 1. The summed E-state index contributed by atoms with van der Waals surface area (Å²) in [7, 11) is 0. The van der Waals surface area contributed by atoms with E-state index in [-0.39, 0.29) is 12.8 Å². The van der Waals surface area contributed by atoms with Crippen LogP contribution in [0.5, 0.6) is 5.75 Å². The molecule has 1 saturated heterocycles. The second kappa shape index (κ2) is 7.62. The highest BCUT2D eigenvalue weighted by molar-refractivity contribution is 9.10. The molecule has 128 valence electrons. The van der Waals surface area contributed by atoms with Crippen molar-refractivity contribution >= 4 is 15.9 Å². The minimum atomic E-state index is -2.50. The Morgan fingerprint density at radius 1 is 1.04 bits per heavy atom. The summed E-state index contributed by atoms with van der Waals surface area (Å²) in [6.07, 6.45) is -0.105. The van der Waals surface area contributed by atoms with Gasteiger partial charge in [-0.2, -0.15) is 0 Å². The number of halogens is 3. The van der Waals surface area contributed by atoms with Crippen molar-refractivity contribution in [2.24, 2.45) is 0 Å². The van der Waals surface area contributed by atoms with Gasteiger partial charge in [0.25, 0.3) is 5.92 Å². The monoisotopic (exact) mass is 395 g/mol. The Labute approximate surface area is 149 Å². The minimum Gasteiger partial charge on any atom is -0.489 e. The first-order chi connectivity index (χ1) is 11.5. The number of alkyl halides is 2. The summed E-state index contributed by atoms with van der Waals surface area (Å²) in [4.78, 5) is 2.07. The van der Waals surface area contributed by atoms with E-state index in [0.29, 0.717) is 26.2 Å². The summed E-state index contributed by atoms with van der Waals surface area (Å²) in [5, 5.41) is 0. The van der Waals surface area contributed by atoms with E-state index in [0.717, 1.165) is 21.3 Å². The average molecular weight is 396 g/mol. The molecule has 1 heterocycles. The standard InChI is InChI=1S/C19H20BrF2NO/c20-18-12-17(24-14-15-4-2-1-3-5-15)7-6-16(18)13-23-10-8-19(21,22)9-11-23/h1-7,12H,8-11,13-14H2. The average Bonchev–Trinajstić information content (AvgIpc) is 2.58. The summed E-state index contributed by atoms with van der Waals surface area (Å²) in [6.45, 7) is 2.07. The summed E-state index contributed by atoms with van der Waals surface area (Å²) >= 11 is 3.57. The van der Waals surface area contributed by atoms with Gasteiger partial charge in [-0.1, -0.05) is 52.3 Å². The van der Waals surface area contributed by atoms with Crippen LogP contribution in [0.25, 0.3) is 0 Å². The fourth-order valence-corrected chi connectivity index (χ4v) is 3.25. The fraction of sp³-hybridized carbons (Fsp3) is 0.368. The van der Waals surface area contributed by atoms with Crippen LogP contribution in [0.2, 0.25) is 0 Å². The molecular formula is C19H20BrF2NO. The molecule has 24 heavy (non-hydrogen) atoms. The van der Waals surface area contributed by atoms with Gasteiger partial charge < -0.3 is 4.74 Å². The van der Waals surface area contributed by atoms with E-state index in [9.17, 15) is 8.78 Å². The van der Waals surface area contributed by atoms with Crippen LogP contribution in [0.3, 0.4) is 0 Å². The van der Waals surface area contributed by atoms with E-state index in [2.05, 4.69) is 20.8 Å². The zero-order valence-corrected chi connectivity index (χ0v) is 14.9. The zero-order valence-electron chi connectivity index (χ0n) is 13.4. The largest absolute Gasteiger partial charge is 0.489 e. The van der Waals surface area contributed by atoms with Crippen molar-refractivity contribution < 1.29 is 13.5 Å². The predicted molar refractivity (Wildman–Crippen MR) is 94.4 cm³/mol. The first-order valence-corrected chi connectivity index (χ1v) is 8.86. The molecule has 0 bridgehead atoms. The Balaban J connectivity index is 1.56. The Hall–Kier alpha value is -1.46. The Bertz CT molecular complexity index is 668. The van der Waals surface area contributed by atoms with Crippen LogP contribution in [-0.4, -0.2) is 23.9 Å². The minimum absolute atomic E-state index is 0.0527. The van der Waals surface area contributed by atoms with Gasteiger partial charge in [-0.15, -0.1) is 0 Å². The maximum Gasteiger partial charge on any atom is 0.250 e. The van der Waals surface area contributed by atoms with Crippen molar-refractivity contribution in [3.8, 4) is 5.75 Å². The molecule has 0 aliphatic carbocycles. The number of hydrogen-bond donors (Lipinski definition) is 0. The van der Waals surface area contributed by atoms with Crippen LogP contribution in [0.1, 0.15) is 24.0 Å². The number of nitrogens with zero attached hydrogens (tertiary/aromatic N) is 1. The van der Waals surface area contributed by atoms with Gasteiger partial charge in [0.05, 0.1) is 0 Å². The SMILES string of the molecule is FC1(F)CCN(Cc2ccc(OCc3ccccc3)cc2Br)CC1. The van der Waals surface area contributed by atoms with Gasteiger partial charge in [0.2, 0.25) is 0 Å². The molecule has 1 aliphatic rings. The first kappa shape index (κ1) is 17.4. The molecule has 2 nitrogen and oxygen atoms in total. The van der Waals surface area contributed by atoms with Crippen molar-refractivity contribution in [2.45, 2.75) is 31.9 Å². The molecule has 1 aliphatic heterocycles. The van der Waals surface area contributed by atoms with Gasteiger partial charge in [-0.3, -0.25) is 4.90 Å². The maximum absolute atomic E-state index is 13.2. The van der Waals surface area contributed by atoms with E-state index in [4.69, 9.17) is 4.74 Å². The molecule has 0 saturated carbocycles. The summed E-state index contributed by atoms with van der Waals surface area (Å²) in [5.74, 6) is -1.71. The number of hydrogen-bond acceptors (Lipinski definition) is 2. The number of piperidine rings is 1. The lowest BCUT2D eigenvalue weighted by molar-refractivity contribution is -0.0566. The topological polar surface area (TPSA) is 12.5 Å². The molecule has 0 aromatic heterocycles. The zero-order chi connectivity index (χ0) is 17.0. The van der Waals surface area contributed by atoms with Crippen LogP contribution in [0.15, 0.2) is 53.0 Å². The predicted octanol–water partition coefficient (Wildman–Crippen LogP) is 5.26. The molecule has 2 aromatic rings. The van der Waals surface area contributed by atoms with Crippen molar-refractivity contribution in [1.82, 2.24) is 4.90 Å². The van der Waals surface area contributed by atoms with Crippen molar-refractivity contribution in [3.05, 3.63) is 64.1 Å². The maximum atomic E-state index is 13.2. The van der Waals surface area contributed by atoms with Gasteiger partial charge in [0, 0.05) is 36.9 Å². The molecule has 5 heteroatoms. The second-order valence-corrected chi connectivity index (χ2v) is 7.01. The Morgan fingerprint density at radius 3 is 2.42 bits per heavy atom. The van der Waals surface area contributed by atoms with Crippen molar-refractivity contribution in [3.63, 3.8) is 0 Å². The summed E-state index contributed by atoms with van der Waals surface area (Å²) < 4.78 is 33.2. The van der Waals surface area contributed by atoms with Crippen LogP contribution in [0, 0.1) is 0 Å². The Morgan fingerprint density at radius 2 is 1.75 bits per heavy atom. The Kier molecular flexibility index (Phi) is 5.51. The van der Waals surface area contributed by atoms with E-state index >= 15 is 0 Å².